The Balaban J connectivity index is 2.10. The second kappa shape index (κ2) is 6.94. The van der Waals surface area contributed by atoms with Crippen molar-refractivity contribution in [2.45, 2.75) is 40.3 Å². The monoisotopic (exact) mass is 338 g/mol. The van der Waals surface area contributed by atoms with E-state index >= 15 is 0 Å². The standard InChI is InChI=1S/C16H20F2N4O2/c1-9-20-13(22-24-9)8-19-15(23)21-14(16(2,3)4)11-6-5-10(17)7-12(11)18/h5-7,14H,8H2,1-4H3,(H2,19,21,23). The first-order valence-corrected chi connectivity index (χ1v) is 7.45. The number of aromatic nitrogens is 2. The van der Waals surface area contributed by atoms with Crippen molar-refractivity contribution >= 4 is 6.03 Å². The van der Waals surface area contributed by atoms with Crippen molar-refractivity contribution in [3.63, 3.8) is 0 Å². The second-order valence-electron chi connectivity index (χ2n) is 6.52. The summed E-state index contributed by atoms with van der Waals surface area (Å²) in [6.45, 7) is 7.27. The van der Waals surface area contributed by atoms with Crippen LogP contribution in [0, 0.1) is 24.0 Å². The lowest BCUT2D eigenvalue weighted by Crippen LogP contribution is -2.42. The van der Waals surface area contributed by atoms with Crippen LogP contribution in [0.15, 0.2) is 22.7 Å². The summed E-state index contributed by atoms with van der Waals surface area (Å²) in [7, 11) is 0. The number of nitrogens with one attached hydrogen (secondary N) is 2. The summed E-state index contributed by atoms with van der Waals surface area (Å²) >= 11 is 0. The first-order chi connectivity index (χ1) is 11.2. The molecule has 1 aromatic carbocycles. The Labute approximate surface area is 138 Å². The van der Waals surface area contributed by atoms with E-state index in [1.807, 2.05) is 20.8 Å². The Morgan fingerprint density at radius 1 is 1.33 bits per heavy atom. The van der Waals surface area contributed by atoms with Gasteiger partial charge >= 0.3 is 6.03 Å². The number of rotatable bonds is 4. The van der Waals surface area contributed by atoms with Gasteiger partial charge in [0, 0.05) is 18.6 Å². The minimum atomic E-state index is -0.705. The number of nitrogens with zero attached hydrogens (tertiary/aromatic N) is 2. The third kappa shape index (κ3) is 4.50. The van der Waals surface area contributed by atoms with Gasteiger partial charge in [-0.15, -0.1) is 0 Å². The van der Waals surface area contributed by atoms with Crippen LogP contribution in [0.5, 0.6) is 0 Å². The number of hydrogen-bond donors (Lipinski definition) is 2. The first-order valence-electron chi connectivity index (χ1n) is 7.45. The van der Waals surface area contributed by atoms with E-state index in [1.54, 1.807) is 6.92 Å². The molecular weight excluding hydrogens is 318 g/mol. The van der Waals surface area contributed by atoms with Crippen molar-refractivity contribution in [2.24, 2.45) is 5.41 Å². The van der Waals surface area contributed by atoms with E-state index in [1.165, 1.54) is 12.1 Å². The van der Waals surface area contributed by atoms with Crippen molar-refractivity contribution in [2.75, 3.05) is 0 Å². The molecule has 0 aliphatic carbocycles. The molecular formula is C16H20F2N4O2. The molecule has 130 valence electrons. The molecule has 1 atom stereocenters. The fourth-order valence-electron chi connectivity index (χ4n) is 2.25. The number of benzene rings is 1. The van der Waals surface area contributed by atoms with Crippen molar-refractivity contribution in [3.05, 3.63) is 47.1 Å². The van der Waals surface area contributed by atoms with Gasteiger partial charge in [0.15, 0.2) is 5.82 Å². The van der Waals surface area contributed by atoms with Crippen molar-refractivity contribution < 1.29 is 18.1 Å². The summed E-state index contributed by atoms with van der Waals surface area (Å²) in [5.41, 5.74) is -0.270. The molecule has 24 heavy (non-hydrogen) atoms. The van der Waals surface area contributed by atoms with Crippen LogP contribution in [0.25, 0.3) is 0 Å². The third-order valence-electron chi connectivity index (χ3n) is 3.39. The molecule has 0 spiro atoms. The number of hydrogen-bond acceptors (Lipinski definition) is 4. The molecule has 2 rings (SSSR count). The Bertz CT molecular complexity index is 725. The molecule has 0 aliphatic rings. The lowest BCUT2D eigenvalue weighted by Gasteiger charge is -2.32. The van der Waals surface area contributed by atoms with Gasteiger partial charge in [0.05, 0.1) is 12.6 Å². The van der Waals surface area contributed by atoms with Crippen molar-refractivity contribution in [1.82, 2.24) is 20.8 Å². The van der Waals surface area contributed by atoms with E-state index in [0.717, 1.165) is 6.07 Å². The second-order valence-corrected chi connectivity index (χ2v) is 6.52. The summed E-state index contributed by atoms with van der Waals surface area (Å²) in [6, 6.07) is 2.14. The zero-order chi connectivity index (χ0) is 17.9. The van der Waals surface area contributed by atoms with Gasteiger partial charge in [0.1, 0.15) is 11.6 Å². The number of carbonyl (C=O) groups excluding carboxylic acids is 1. The molecule has 8 heteroatoms. The molecule has 1 aromatic heterocycles. The smallest absolute Gasteiger partial charge is 0.315 e. The Kier molecular flexibility index (Phi) is 5.16. The Morgan fingerprint density at radius 2 is 2.04 bits per heavy atom. The highest BCUT2D eigenvalue weighted by molar-refractivity contribution is 5.74. The Hall–Kier alpha value is -2.51. The number of carbonyl (C=O) groups is 1. The summed E-state index contributed by atoms with van der Waals surface area (Å²) in [6.07, 6.45) is 0. The summed E-state index contributed by atoms with van der Waals surface area (Å²) in [5, 5.41) is 8.96. The van der Waals surface area contributed by atoms with E-state index in [4.69, 9.17) is 4.52 Å². The van der Waals surface area contributed by atoms with Gasteiger partial charge in [0.2, 0.25) is 5.89 Å². The predicted molar refractivity (Wildman–Crippen MR) is 83.0 cm³/mol. The van der Waals surface area contributed by atoms with Crippen LogP contribution in [-0.4, -0.2) is 16.2 Å². The van der Waals surface area contributed by atoms with Crippen molar-refractivity contribution in [3.8, 4) is 0 Å². The van der Waals surface area contributed by atoms with Gasteiger partial charge in [-0.2, -0.15) is 4.98 Å². The number of halogens is 2. The zero-order valence-electron chi connectivity index (χ0n) is 14.0. The van der Waals surface area contributed by atoms with Gasteiger partial charge in [-0.1, -0.05) is 32.0 Å². The minimum Gasteiger partial charge on any atom is -0.340 e. The maximum absolute atomic E-state index is 14.1. The maximum Gasteiger partial charge on any atom is 0.315 e. The lowest BCUT2D eigenvalue weighted by atomic mass is 9.82. The Morgan fingerprint density at radius 3 is 2.58 bits per heavy atom. The summed E-state index contributed by atoms with van der Waals surface area (Å²) in [4.78, 5) is 16.1. The van der Waals surface area contributed by atoms with Crippen molar-refractivity contribution in [1.29, 1.82) is 0 Å². The molecule has 0 aliphatic heterocycles. The van der Waals surface area contributed by atoms with Crippen LogP contribution in [0.1, 0.15) is 44.1 Å². The van der Waals surface area contributed by atoms with Crippen LogP contribution >= 0.6 is 0 Å². The van der Waals surface area contributed by atoms with Gasteiger partial charge in [-0.25, -0.2) is 13.6 Å². The molecule has 2 N–H and O–H groups in total. The molecule has 6 nitrogen and oxygen atoms in total. The molecule has 0 bridgehead atoms. The SMILES string of the molecule is Cc1nc(CNC(=O)NC(c2ccc(F)cc2F)C(C)(C)C)no1. The van der Waals surface area contributed by atoms with Gasteiger partial charge in [0.25, 0.3) is 0 Å². The summed E-state index contributed by atoms with van der Waals surface area (Å²) in [5.74, 6) is -0.638. The topological polar surface area (TPSA) is 80.0 Å². The van der Waals surface area contributed by atoms with E-state index in [0.29, 0.717) is 11.7 Å². The van der Waals surface area contributed by atoms with E-state index in [-0.39, 0.29) is 12.1 Å². The van der Waals surface area contributed by atoms with E-state index in [9.17, 15) is 13.6 Å². The molecule has 1 unspecified atom stereocenters. The largest absolute Gasteiger partial charge is 0.340 e. The molecule has 0 saturated carbocycles. The van der Waals surface area contributed by atoms with E-state index < -0.39 is 29.1 Å². The molecule has 0 radical (unpaired) electrons. The predicted octanol–water partition coefficient (Wildman–Crippen LogP) is 3.24. The van der Waals surface area contributed by atoms with Crippen LogP contribution in [0.2, 0.25) is 0 Å². The molecule has 2 amide bonds. The highest BCUT2D eigenvalue weighted by Crippen LogP contribution is 2.34. The molecule has 1 heterocycles. The zero-order valence-corrected chi connectivity index (χ0v) is 14.0. The average Bonchev–Trinajstić information content (AvgIpc) is 2.88. The number of aryl methyl sites for hydroxylation is 1. The molecule has 0 fully saturated rings. The highest BCUT2D eigenvalue weighted by Gasteiger charge is 2.30. The minimum absolute atomic E-state index is 0.0753. The van der Waals surface area contributed by atoms with Gasteiger partial charge < -0.3 is 15.2 Å². The summed E-state index contributed by atoms with van der Waals surface area (Å²) < 4.78 is 32.0. The quantitative estimate of drug-likeness (QED) is 0.897. The van der Waals surface area contributed by atoms with Crippen LogP contribution in [-0.2, 0) is 6.54 Å². The molecule has 2 aromatic rings. The van der Waals surface area contributed by atoms with Gasteiger partial charge in [-0.3, -0.25) is 0 Å². The molecule has 0 saturated heterocycles. The first kappa shape index (κ1) is 17.8. The van der Waals surface area contributed by atoms with Crippen LogP contribution in [0.4, 0.5) is 13.6 Å². The third-order valence-corrected chi connectivity index (χ3v) is 3.39. The lowest BCUT2D eigenvalue weighted by molar-refractivity contribution is 0.216. The fourth-order valence-corrected chi connectivity index (χ4v) is 2.25. The highest BCUT2D eigenvalue weighted by atomic mass is 19.1. The van der Waals surface area contributed by atoms with Gasteiger partial charge in [-0.05, 0) is 11.5 Å². The number of amides is 2. The van der Waals surface area contributed by atoms with Crippen LogP contribution in [0.3, 0.4) is 0 Å². The number of urea groups is 1. The normalized spacial score (nSPS) is 12.8. The fraction of sp³-hybridized carbons (Fsp3) is 0.438. The van der Waals surface area contributed by atoms with Crippen LogP contribution < -0.4 is 10.6 Å². The maximum atomic E-state index is 14.1. The average molecular weight is 338 g/mol. The van der Waals surface area contributed by atoms with E-state index in [2.05, 4.69) is 20.8 Å².